The Morgan fingerprint density at radius 1 is 1.62 bits per heavy atom. The molecule has 1 unspecified atom stereocenters. The molecule has 0 aliphatic heterocycles. The second-order valence-corrected chi connectivity index (χ2v) is 4.71. The van der Waals surface area contributed by atoms with Gasteiger partial charge in [0, 0.05) is 4.90 Å². The van der Waals surface area contributed by atoms with Gasteiger partial charge in [-0.1, -0.05) is 13.0 Å². The van der Waals surface area contributed by atoms with Gasteiger partial charge < -0.3 is 5.11 Å². The number of benzene rings is 1. The predicted molar refractivity (Wildman–Crippen MR) is 63.5 cm³/mol. The Labute approximate surface area is 99.1 Å². The Morgan fingerprint density at radius 3 is 2.81 bits per heavy atom. The van der Waals surface area contributed by atoms with Crippen LogP contribution in [0.1, 0.15) is 24.5 Å². The van der Waals surface area contributed by atoms with Crippen LogP contribution in [0.25, 0.3) is 0 Å². The van der Waals surface area contributed by atoms with Crippen molar-refractivity contribution in [1.82, 2.24) is 0 Å². The molecule has 0 aromatic heterocycles. The van der Waals surface area contributed by atoms with Crippen LogP contribution in [0.3, 0.4) is 0 Å². The number of hydrogen-bond acceptors (Lipinski definition) is 3. The lowest BCUT2D eigenvalue weighted by Crippen LogP contribution is -2.14. The smallest absolute Gasteiger partial charge is 0.316 e. The summed E-state index contributed by atoms with van der Waals surface area (Å²) in [5, 5.41) is 17.4. The SMILES string of the molecule is CCC(Sc1ccc(C)cc1C#N)C(=O)O. The minimum Gasteiger partial charge on any atom is -0.480 e. The van der Waals surface area contributed by atoms with E-state index in [2.05, 4.69) is 6.07 Å². The molecular weight excluding hydrogens is 222 g/mol. The van der Waals surface area contributed by atoms with Crippen molar-refractivity contribution in [2.75, 3.05) is 0 Å². The van der Waals surface area contributed by atoms with Gasteiger partial charge in [0.1, 0.15) is 11.3 Å². The van der Waals surface area contributed by atoms with Gasteiger partial charge in [0.05, 0.1) is 5.56 Å². The molecule has 0 saturated heterocycles. The van der Waals surface area contributed by atoms with Crippen molar-refractivity contribution in [3.63, 3.8) is 0 Å². The van der Waals surface area contributed by atoms with E-state index in [1.807, 2.05) is 26.0 Å². The van der Waals surface area contributed by atoms with Crippen LogP contribution < -0.4 is 0 Å². The van der Waals surface area contributed by atoms with Gasteiger partial charge >= 0.3 is 5.97 Å². The fraction of sp³-hybridized carbons (Fsp3) is 0.333. The maximum atomic E-state index is 10.9. The molecule has 1 aromatic carbocycles. The number of carboxylic acid groups (broad SMARTS) is 1. The number of nitrogens with zero attached hydrogens (tertiary/aromatic N) is 1. The fourth-order valence-electron chi connectivity index (χ4n) is 1.30. The van der Waals surface area contributed by atoms with Crippen LogP contribution in [0.2, 0.25) is 0 Å². The Hall–Kier alpha value is -1.47. The predicted octanol–water partition coefficient (Wildman–Crippen LogP) is 2.82. The number of rotatable bonds is 4. The van der Waals surface area contributed by atoms with E-state index in [0.717, 1.165) is 10.5 Å². The summed E-state index contributed by atoms with van der Waals surface area (Å²) in [4.78, 5) is 11.6. The Kier molecular flexibility index (Phi) is 4.39. The average Bonchev–Trinajstić information content (AvgIpc) is 2.26. The zero-order chi connectivity index (χ0) is 12.1. The van der Waals surface area contributed by atoms with Crippen molar-refractivity contribution < 1.29 is 9.90 Å². The molecule has 0 spiro atoms. The van der Waals surface area contributed by atoms with Gasteiger partial charge in [0.25, 0.3) is 0 Å². The summed E-state index contributed by atoms with van der Waals surface area (Å²) in [6, 6.07) is 7.56. The largest absolute Gasteiger partial charge is 0.480 e. The third-order valence-corrected chi connectivity index (χ3v) is 3.60. The van der Waals surface area contributed by atoms with Crippen LogP contribution in [-0.2, 0) is 4.79 Å². The van der Waals surface area contributed by atoms with Crippen LogP contribution in [0, 0.1) is 18.3 Å². The maximum Gasteiger partial charge on any atom is 0.316 e. The second-order valence-electron chi connectivity index (χ2n) is 3.46. The van der Waals surface area contributed by atoms with Gasteiger partial charge in [-0.05, 0) is 31.0 Å². The molecule has 0 aliphatic rings. The Bertz CT molecular complexity index is 437. The van der Waals surface area contributed by atoms with E-state index >= 15 is 0 Å². The van der Waals surface area contributed by atoms with E-state index in [1.54, 1.807) is 6.07 Å². The lowest BCUT2D eigenvalue weighted by Gasteiger charge is -2.10. The number of carbonyl (C=O) groups is 1. The molecule has 16 heavy (non-hydrogen) atoms. The van der Waals surface area contributed by atoms with Crippen molar-refractivity contribution >= 4 is 17.7 Å². The summed E-state index contributed by atoms with van der Waals surface area (Å²) in [7, 11) is 0. The summed E-state index contributed by atoms with van der Waals surface area (Å²) in [5.74, 6) is -0.836. The molecule has 3 nitrogen and oxygen atoms in total. The average molecular weight is 235 g/mol. The van der Waals surface area contributed by atoms with Crippen LogP contribution in [0.15, 0.2) is 23.1 Å². The minimum absolute atomic E-state index is 0.491. The van der Waals surface area contributed by atoms with Crippen molar-refractivity contribution in [1.29, 1.82) is 5.26 Å². The number of thioether (sulfide) groups is 1. The van der Waals surface area contributed by atoms with Crippen LogP contribution in [0.4, 0.5) is 0 Å². The zero-order valence-electron chi connectivity index (χ0n) is 9.23. The Morgan fingerprint density at radius 2 is 2.31 bits per heavy atom. The molecule has 0 radical (unpaired) electrons. The lowest BCUT2D eigenvalue weighted by atomic mass is 10.2. The third kappa shape index (κ3) is 3.01. The molecule has 0 fully saturated rings. The highest BCUT2D eigenvalue weighted by molar-refractivity contribution is 8.00. The molecule has 0 amide bonds. The summed E-state index contributed by atoms with van der Waals surface area (Å²) < 4.78 is 0. The van der Waals surface area contributed by atoms with E-state index < -0.39 is 11.2 Å². The number of carboxylic acids is 1. The standard InChI is InChI=1S/C12H13NO2S/c1-3-10(12(14)15)16-11-5-4-8(2)6-9(11)7-13/h4-6,10H,3H2,1-2H3,(H,14,15). The highest BCUT2D eigenvalue weighted by Gasteiger charge is 2.18. The molecule has 0 bridgehead atoms. The fourth-order valence-corrected chi connectivity index (χ4v) is 2.25. The first-order chi connectivity index (χ1) is 7.58. The molecule has 4 heteroatoms. The molecule has 0 heterocycles. The maximum absolute atomic E-state index is 10.9. The quantitative estimate of drug-likeness (QED) is 0.815. The molecular formula is C12H13NO2S. The first kappa shape index (κ1) is 12.6. The summed E-state index contributed by atoms with van der Waals surface area (Å²) in [6.07, 6.45) is 0.540. The number of aryl methyl sites for hydroxylation is 1. The number of hydrogen-bond donors (Lipinski definition) is 1. The number of nitriles is 1. The van der Waals surface area contributed by atoms with Gasteiger partial charge in [-0.2, -0.15) is 5.26 Å². The van der Waals surface area contributed by atoms with Gasteiger partial charge in [-0.25, -0.2) is 0 Å². The van der Waals surface area contributed by atoms with Crippen LogP contribution in [0.5, 0.6) is 0 Å². The lowest BCUT2D eigenvalue weighted by molar-refractivity contribution is -0.136. The summed E-state index contributed by atoms with van der Waals surface area (Å²) in [5.41, 5.74) is 1.55. The molecule has 1 aromatic rings. The number of aliphatic carboxylic acids is 1. The van der Waals surface area contributed by atoms with Gasteiger partial charge in [-0.3, -0.25) is 4.79 Å². The first-order valence-electron chi connectivity index (χ1n) is 4.98. The van der Waals surface area contributed by atoms with Crippen molar-refractivity contribution in [3.05, 3.63) is 29.3 Å². The molecule has 84 valence electrons. The van der Waals surface area contributed by atoms with Crippen molar-refractivity contribution in [3.8, 4) is 6.07 Å². The zero-order valence-corrected chi connectivity index (χ0v) is 10.0. The molecule has 1 N–H and O–H groups in total. The minimum atomic E-state index is -0.836. The monoisotopic (exact) mass is 235 g/mol. The Balaban J connectivity index is 2.97. The van der Waals surface area contributed by atoms with E-state index in [4.69, 9.17) is 10.4 Å². The highest BCUT2D eigenvalue weighted by Crippen LogP contribution is 2.29. The summed E-state index contributed by atoms with van der Waals surface area (Å²) in [6.45, 7) is 3.73. The first-order valence-corrected chi connectivity index (χ1v) is 5.86. The van der Waals surface area contributed by atoms with Gasteiger partial charge in [0.15, 0.2) is 0 Å². The van der Waals surface area contributed by atoms with Crippen LogP contribution in [-0.4, -0.2) is 16.3 Å². The van der Waals surface area contributed by atoms with E-state index in [0.29, 0.717) is 12.0 Å². The topological polar surface area (TPSA) is 61.1 Å². The summed E-state index contributed by atoms with van der Waals surface area (Å²) >= 11 is 1.23. The van der Waals surface area contributed by atoms with Gasteiger partial charge in [0.2, 0.25) is 0 Å². The molecule has 1 atom stereocenters. The van der Waals surface area contributed by atoms with Crippen molar-refractivity contribution in [2.45, 2.75) is 30.4 Å². The molecule has 0 aliphatic carbocycles. The van der Waals surface area contributed by atoms with Crippen molar-refractivity contribution in [2.24, 2.45) is 0 Å². The van der Waals surface area contributed by atoms with Gasteiger partial charge in [-0.15, -0.1) is 11.8 Å². The van der Waals surface area contributed by atoms with E-state index in [-0.39, 0.29) is 0 Å². The van der Waals surface area contributed by atoms with E-state index in [9.17, 15) is 4.79 Å². The molecule has 0 saturated carbocycles. The molecule has 1 rings (SSSR count). The second kappa shape index (κ2) is 5.57. The normalized spacial score (nSPS) is 11.8. The highest BCUT2D eigenvalue weighted by atomic mass is 32.2. The third-order valence-electron chi connectivity index (χ3n) is 2.17. The van der Waals surface area contributed by atoms with Crippen LogP contribution >= 0.6 is 11.8 Å². The van der Waals surface area contributed by atoms with E-state index in [1.165, 1.54) is 11.8 Å².